The number of hydrogen-bond donors (Lipinski definition) is 0. The van der Waals surface area contributed by atoms with Crippen LogP contribution < -0.4 is 4.74 Å². The highest BCUT2D eigenvalue weighted by molar-refractivity contribution is 5.85. The summed E-state index contributed by atoms with van der Waals surface area (Å²) in [5.74, 6) is 2.01. The summed E-state index contributed by atoms with van der Waals surface area (Å²) in [6.07, 6.45) is 0.861. The summed E-state index contributed by atoms with van der Waals surface area (Å²) in [7, 11) is 0. The van der Waals surface area contributed by atoms with Crippen molar-refractivity contribution in [3.8, 4) is 5.75 Å². The van der Waals surface area contributed by atoms with Gasteiger partial charge in [-0.15, -0.1) is 0 Å². The van der Waals surface area contributed by atoms with Crippen molar-refractivity contribution in [2.24, 2.45) is 11.3 Å². The van der Waals surface area contributed by atoms with Gasteiger partial charge in [-0.05, 0) is 64.6 Å². The Kier molecular flexibility index (Phi) is 7.20. The maximum absolute atomic E-state index is 6.02. The third-order valence-electron chi connectivity index (χ3n) is 5.60. The van der Waals surface area contributed by atoms with Gasteiger partial charge >= 0.3 is 0 Å². The molecule has 0 bridgehead atoms. The Morgan fingerprint density at radius 2 is 1.47 bits per heavy atom. The molecule has 0 radical (unpaired) electrons. The smallest absolute Gasteiger partial charge is 0.197 e. The zero-order chi connectivity index (χ0) is 21.7. The zero-order valence-corrected chi connectivity index (χ0v) is 19.3. The Labute approximate surface area is 182 Å². The van der Waals surface area contributed by atoms with Gasteiger partial charge in [-0.2, -0.15) is 0 Å². The van der Waals surface area contributed by atoms with Crippen LogP contribution in [-0.2, 0) is 11.3 Å². The van der Waals surface area contributed by atoms with E-state index in [1.54, 1.807) is 0 Å². The van der Waals surface area contributed by atoms with Gasteiger partial charge in [0.25, 0.3) is 0 Å². The van der Waals surface area contributed by atoms with E-state index in [4.69, 9.17) is 9.47 Å². The van der Waals surface area contributed by atoms with Gasteiger partial charge in [0.2, 0.25) is 0 Å². The van der Waals surface area contributed by atoms with Crippen LogP contribution >= 0.6 is 0 Å². The van der Waals surface area contributed by atoms with E-state index in [1.807, 2.05) is 6.92 Å². The van der Waals surface area contributed by atoms with Gasteiger partial charge in [-0.25, -0.2) is 0 Å². The Bertz CT molecular complexity index is 930. The molecule has 2 nitrogen and oxygen atoms in total. The fourth-order valence-corrected chi connectivity index (χ4v) is 4.04. The summed E-state index contributed by atoms with van der Waals surface area (Å²) < 4.78 is 12.0. The molecule has 3 rings (SSSR count). The van der Waals surface area contributed by atoms with Crippen molar-refractivity contribution < 1.29 is 9.47 Å². The summed E-state index contributed by atoms with van der Waals surface area (Å²) >= 11 is 0. The molecule has 0 aromatic heterocycles. The molecule has 0 aliphatic rings. The van der Waals surface area contributed by atoms with E-state index in [2.05, 4.69) is 101 Å². The van der Waals surface area contributed by atoms with Crippen molar-refractivity contribution in [3.63, 3.8) is 0 Å². The van der Waals surface area contributed by atoms with E-state index in [0.29, 0.717) is 23.9 Å². The largest absolute Gasteiger partial charge is 0.465 e. The average Bonchev–Trinajstić information content (AvgIpc) is 2.70. The van der Waals surface area contributed by atoms with E-state index in [-0.39, 0.29) is 6.29 Å². The molecule has 0 fully saturated rings. The van der Waals surface area contributed by atoms with Gasteiger partial charge in [0.05, 0.1) is 6.61 Å². The van der Waals surface area contributed by atoms with Gasteiger partial charge in [-0.3, -0.25) is 0 Å². The minimum Gasteiger partial charge on any atom is -0.465 e. The maximum atomic E-state index is 6.02. The molecular formula is C28H36O2. The lowest BCUT2D eigenvalue weighted by Crippen LogP contribution is -2.17. The van der Waals surface area contributed by atoms with Crippen molar-refractivity contribution in [1.82, 2.24) is 0 Å². The van der Waals surface area contributed by atoms with Crippen molar-refractivity contribution in [3.05, 3.63) is 77.9 Å². The van der Waals surface area contributed by atoms with Gasteiger partial charge < -0.3 is 9.47 Å². The lowest BCUT2D eigenvalue weighted by Gasteiger charge is -2.29. The molecule has 30 heavy (non-hydrogen) atoms. The Morgan fingerprint density at radius 1 is 0.800 bits per heavy atom. The first-order chi connectivity index (χ1) is 14.2. The normalized spacial score (nSPS) is 14.1. The van der Waals surface area contributed by atoms with Gasteiger partial charge in [0.15, 0.2) is 6.29 Å². The Balaban J connectivity index is 1.61. The van der Waals surface area contributed by atoms with Crippen LogP contribution in [0.25, 0.3) is 10.8 Å². The topological polar surface area (TPSA) is 18.5 Å². The lowest BCUT2D eigenvalue weighted by atomic mass is 9.76. The second-order valence-electron chi connectivity index (χ2n) is 9.82. The first kappa shape index (κ1) is 22.4. The third-order valence-corrected chi connectivity index (χ3v) is 5.60. The Morgan fingerprint density at radius 3 is 2.13 bits per heavy atom. The standard InChI is InChI=1S/C28H36O2/c1-20(2)27(18-28(4,5)6)23-14-16-25(17-15-23)30-21(3)29-19-24-12-9-11-22-10-7-8-13-26(22)24/h7-17,20-21,27H,18-19H2,1-6H3. The zero-order valence-electron chi connectivity index (χ0n) is 19.3. The fourth-order valence-electron chi connectivity index (χ4n) is 4.04. The van der Waals surface area contributed by atoms with Crippen LogP contribution in [0, 0.1) is 11.3 Å². The number of fused-ring (bicyclic) bond motifs is 1. The molecule has 0 spiro atoms. The number of rotatable bonds is 8. The molecule has 160 valence electrons. The van der Waals surface area contributed by atoms with E-state index in [1.165, 1.54) is 28.3 Å². The molecule has 0 saturated heterocycles. The molecule has 2 unspecified atom stereocenters. The predicted octanol–water partition coefficient (Wildman–Crippen LogP) is 7.96. The summed E-state index contributed by atoms with van der Waals surface area (Å²) in [5.41, 5.74) is 2.88. The monoisotopic (exact) mass is 404 g/mol. The molecule has 0 heterocycles. The van der Waals surface area contributed by atoms with Crippen LogP contribution in [0.1, 0.15) is 65.0 Å². The van der Waals surface area contributed by atoms with Crippen molar-refractivity contribution >= 4 is 10.8 Å². The highest BCUT2D eigenvalue weighted by Crippen LogP contribution is 2.36. The van der Waals surface area contributed by atoms with Gasteiger partial charge in [-0.1, -0.05) is 89.2 Å². The van der Waals surface area contributed by atoms with Crippen molar-refractivity contribution in [1.29, 1.82) is 0 Å². The fraction of sp³-hybridized carbons (Fsp3) is 0.429. The van der Waals surface area contributed by atoms with E-state index in [0.717, 1.165) is 5.75 Å². The summed E-state index contributed by atoms with van der Waals surface area (Å²) in [6.45, 7) is 14.0. The molecule has 3 aromatic rings. The summed E-state index contributed by atoms with van der Waals surface area (Å²) in [4.78, 5) is 0. The minimum absolute atomic E-state index is 0.314. The average molecular weight is 405 g/mol. The molecule has 0 saturated carbocycles. The molecule has 0 aliphatic carbocycles. The second kappa shape index (κ2) is 9.66. The number of hydrogen-bond acceptors (Lipinski definition) is 2. The predicted molar refractivity (Wildman–Crippen MR) is 127 cm³/mol. The molecule has 0 aliphatic heterocycles. The second-order valence-corrected chi connectivity index (χ2v) is 9.82. The van der Waals surface area contributed by atoms with Crippen LogP contribution in [0.3, 0.4) is 0 Å². The first-order valence-corrected chi connectivity index (χ1v) is 11.1. The third kappa shape index (κ3) is 6.09. The van der Waals surface area contributed by atoms with Gasteiger partial charge in [0.1, 0.15) is 5.75 Å². The van der Waals surface area contributed by atoms with Crippen molar-refractivity contribution in [2.75, 3.05) is 0 Å². The quantitative estimate of drug-likeness (QED) is 0.355. The van der Waals surface area contributed by atoms with Gasteiger partial charge in [0, 0.05) is 0 Å². The minimum atomic E-state index is -0.315. The summed E-state index contributed by atoms with van der Waals surface area (Å²) in [6, 6.07) is 23.3. The first-order valence-electron chi connectivity index (χ1n) is 11.1. The van der Waals surface area contributed by atoms with Crippen LogP contribution in [-0.4, -0.2) is 6.29 Å². The molecule has 3 aromatic carbocycles. The number of benzene rings is 3. The molecule has 2 atom stereocenters. The SMILES string of the molecule is CC(OCc1cccc2ccccc12)Oc1ccc(C(CC(C)(C)C)C(C)C)cc1. The highest BCUT2D eigenvalue weighted by atomic mass is 16.7. The van der Waals surface area contributed by atoms with Crippen LogP contribution in [0.4, 0.5) is 0 Å². The van der Waals surface area contributed by atoms with Crippen LogP contribution in [0.2, 0.25) is 0 Å². The Hall–Kier alpha value is -2.32. The number of ether oxygens (including phenoxy) is 2. The molecule has 0 amide bonds. The van der Waals surface area contributed by atoms with E-state index < -0.39 is 0 Å². The van der Waals surface area contributed by atoms with Crippen molar-refractivity contribution in [2.45, 2.75) is 66.8 Å². The van der Waals surface area contributed by atoms with Crippen LogP contribution in [0.15, 0.2) is 66.7 Å². The molecule has 2 heteroatoms. The lowest BCUT2D eigenvalue weighted by molar-refractivity contribution is -0.0755. The van der Waals surface area contributed by atoms with E-state index in [9.17, 15) is 0 Å². The highest BCUT2D eigenvalue weighted by Gasteiger charge is 2.23. The molecule has 0 N–H and O–H groups in total. The molecular weight excluding hydrogens is 368 g/mol. The van der Waals surface area contributed by atoms with Crippen LogP contribution in [0.5, 0.6) is 5.75 Å². The van der Waals surface area contributed by atoms with E-state index >= 15 is 0 Å². The maximum Gasteiger partial charge on any atom is 0.197 e. The summed E-state index contributed by atoms with van der Waals surface area (Å²) in [5, 5.41) is 2.47.